The Hall–Kier alpha value is -2.19. The van der Waals surface area contributed by atoms with E-state index in [2.05, 4.69) is 9.71 Å². The summed E-state index contributed by atoms with van der Waals surface area (Å²) in [5.74, 6) is 0. The Morgan fingerprint density at radius 1 is 1.33 bits per heavy atom. The third-order valence-electron chi connectivity index (χ3n) is 2.67. The highest BCUT2D eigenvalue weighted by Gasteiger charge is 2.28. The molecule has 0 radical (unpaired) electrons. The lowest BCUT2D eigenvalue weighted by Crippen LogP contribution is -2.16. The topological polar surface area (TPSA) is 102 Å². The fourth-order valence-electron chi connectivity index (χ4n) is 1.78. The van der Waals surface area contributed by atoms with Gasteiger partial charge in [-0.15, -0.1) is 0 Å². The van der Waals surface area contributed by atoms with Crippen molar-refractivity contribution in [2.45, 2.75) is 11.8 Å². The van der Waals surface area contributed by atoms with Gasteiger partial charge >= 0.3 is 0 Å². The van der Waals surface area contributed by atoms with Crippen molar-refractivity contribution in [3.8, 4) is 0 Å². The number of sulfonamides is 1. The van der Waals surface area contributed by atoms with Crippen LogP contribution in [0.3, 0.4) is 0 Å². The van der Waals surface area contributed by atoms with Crippen LogP contribution >= 0.6 is 11.6 Å². The van der Waals surface area contributed by atoms with Crippen molar-refractivity contribution in [1.29, 1.82) is 0 Å². The van der Waals surface area contributed by atoms with Crippen molar-refractivity contribution in [3.05, 3.63) is 57.4 Å². The Kier molecular flexibility index (Phi) is 4.10. The van der Waals surface area contributed by atoms with E-state index in [1.54, 1.807) is 0 Å². The Labute approximate surface area is 125 Å². The summed E-state index contributed by atoms with van der Waals surface area (Å²) in [7, 11) is -4.16. The second-order valence-electron chi connectivity index (χ2n) is 4.14. The molecule has 0 spiro atoms. The molecule has 1 aromatic heterocycles. The van der Waals surface area contributed by atoms with Crippen LogP contribution in [0.1, 0.15) is 5.56 Å². The van der Waals surface area contributed by atoms with Crippen LogP contribution < -0.4 is 4.72 Å². The van der Waals surface area contributed by atoms with E-state index in [1.165, 1.54) is 37.5 Å². The number of hydrogen-bond acceptors (Lipinski definition) is 5. The van der Waals surface area contributed by atoms with Gasteiger partial charge in [-0.2, -0.15) is 0 Å². The van der Waals surface area contributed by atoms with Crippen LogP contribution in [0.4, 0.5) is 11.4 Å². The normalized spacial score (nSPS) is 11.1. The molecule has 0 aliphatic rings. The average molecular weight is 328 g/mol. The fraction of sp³-hybridized carbons (Fsp3) is 0.0833. The summed E-state index contributed by atoms with van der Waals surface area (Å²) in [5.41, 5.74) is -0.184. The zero-order valence-corrected chi connectivity index (χ0v) is 12.4. The molecule has 0 saturated heterocycles. The summed E-state index contributed by atoms with van der Waals surface area (Å²) in [6.07, 6.45) is 2.63. The molecule has 0 aliphatic heterocycles. The molecule has 1 heterocycles. The Morgan fingerprint density at radius 2 is 2.05 bits per heavy atom. The van der Waals surface area contributed by atoms with Gasteiger partial charge in [-0.05, 0) is 18.6 Å². The summed E-state index contributed by atoms with van der Waals surface area (Å²) < 4.78 is 27.0. The summed E-state index contributed by atoms with van der Waals surface area (Å²) in [6.45, 7) is 1.48. The Morgan fingerprint density at radius 3 is 2.67 bits per heavy atom. The van der Waals surface area contributed by atoms with Crippen molar-refractivity contribution >= 4 is 33.0 Å². The minimum Gasteiger partial charge on any atom is -0.276 e. The quantitative estimate of drug-likeness (QED) is 0.687. The van der Waals surface area contributed by atoms with Crippen LogP contribution in [0.2, 0.25) is 5.02 Å². The van der Waals surface area contributed by atoms with Crippen molar-refractivity contribution < 1.29 is 13.3 Å². The highest BCUT2D eigenvalue weighted by Crippen LogP contribution is 2.30. The van der Waals surface area contributed by atoms with E-state index in [1.807, 2.05) is 0 Å². The van der Waals surface area contributed by atoms with E-state index in [0.29, 0.717) is 0 Å². The third-order valence-corrected chi connectivity index (χ3v) is 4.56. The SMILES string of the molecule is Cc1cccc([N+](=O)[O-])c1S(=O)(=O)Nc1cnccc1Cl. The molecule has 9 heteroatoms. The zero-order chi connectivity index (χ0) is 15.6. The minimum absolute atomic E-state index is 0.0525. The number of rotatable bonds is 4. The largest absolute Gasteiger partial charge is 0.290 e. The first kappa shape index (κ1) is 15.2. The molecule has 0 atom stereocenters. The number of anilines is 1. The van der Waals surface area contributed by atoms with Crippen LogP contribution in [0.15, 0.2) is 41.6 Å². The molecule has 21 heavy (non-hydrogen) atoms. The standard InChI is InChI=1S/C12H10ClN3O4S/c1-8-3-2-4-11(16(17)18)12(8)21(19,20)15-10-7-14-6-5-9(10)13/h2-7,15H,1H3. The fourth-order valence-corrected chi connectivity index (χ4v) is 3.45. The molecule has 0 fully saturated rings. The number of halogens is 1. The maximum absolute atomic E-state index is 12.4. The molecular formula is C12H10ClN3O4S. The van der Waals surface area contributed by atoms with Gasteiger partial charge in [0.2, 0.25) is 0 Å². The highest BCUT2D eigenvalue weighted by atomic mass is 35.5. The van der Waals surface area contributed by atoms with Gasteiger partial charge in [-0.25, -0.2) is 8.42 Å². The van der Waals surface area contributed by atoms with Gasteiger partial charge in [0.05, 0.1) is 21.8 Å². The summed E-state index contributed by atoms with van der Waals surface area (Å²) in [5, 5.41) is 11.2. The van der Waals surface area contributed by atoms with E-state index >= 15 is 0 Å². The molecule has 0 bridgehead atoms. The van der Waals surface area contributed by atoms with E-state index in [-0.39, 0.29) is 16.3 Å². The number of nitro benzene ring substituents is 1. The molecular weight excluding hydrogens is 318 g/mol. The Bertz CT molecular complexity index is 808. The van der Waals surface area contributed by atoms with Gasteiger partial charge in [0.25, 0.3) is 15.7 Å². The molecule has 2 aromatic rings. The highest BCUT2D eigenvalue weighted by molar-refractivity contribution is 7.93. The molecule has 0 amide bonds. The van der Waals surface area contributed by atoms with Gasteiger partial charge in [0.1, 0.15) is 0 Å². The van der Waals surface area contributed by atoms with Crippen molar-refractivity contribution in [2.24, 2.45) is 0 Å². The molecule has 0 unspecified atom stereocenters. The van der Waals surface area contributed by atoms with Gasteiger partial charge in [0, 0.05) is 12.3 Å². The van der Waals surface area contributed by atoms with E-state index in [0.717, 1.165) is 6.07 Å². The van der Waals surface area contributed by atoms with Crippen LogP contribution in [-0.4, -0.2) is 18.3 Å². The average Bonchev–Trinajstić information content (AvgIpc) is 2.40. The summed E-state index contributed by atoms with van der Waals surface area (Å²) >= 11 is 5.86. The number of nitro groups is 1. The van der Waals surface area contributed by atoms with Crippen LogP contribution in [0, 0.1) is 17.0 Å². The summed E-state index contributed by atoms with van der Waals surface area (Å²) in [4.78, 5) is 13.6. The van der Waals surface area contributed by atoms with E-state index < -0.39 is 25.5 Å². The van der Waals surface area contributed by atoms with Crippen LogP contribution in [0.5, 0.6) is 0 Å². The molecule has 2 rings (SSSR count). The van der Waals surface area contributed by atoms with Crippen molar-refractivity contribution in [1.82, 2.24) is 4.98 Å². The van der Waals surface area contributed by atoms with Gasteiger partial charge in [0.15, 0.2) is 4.90 Å². The maximum atomic E-state index is 12.4. The molecule has 1 N–H and O–H groups in total. The van der Waals surface area contributed by atoms with Gasteiger partial charge in [-0.1, -0.05) is 23.7 Å². The second kappa shape index (κ2) is 5.66. The lowest BCUT2D eigenvalue weighted by atomic mass is 10.2. The van der Waals surface area contributed by atoms with Crippen LogP contribution in [-0.2, 0) is 10.0 Å². The number of nitrogens with one attached hydrogen (secondary N) is 1. The van der Waals surface area contributed by atoms with Crippen molar-refractivity contribution in [2.75, 3.05) is 4.72 Å². The zero-order valence-electron chi connectivity index (χ0n) is 10.8. The number of benzene rings is 1. The predicted molar refractivity (Wildman–Crippen MR) is 77.9 cm³/mol. The number of pyridine rings is 1. The molecule has 1 aromatic carbocycles. The Balaban J connectivity index is 2.56. The van der Waals surface area contributed by atoms with E-state index in [9.17, 15) is 18.5 Å². The molecule has 110 valence electrons. The number of aromatic nitrogens is 1. The first-order valence-corrected chi connectivity index (χ1v) is 7.55. The second-order valence-corrected chi connectivity index (χ2v) is 6.17. The van der Waals surface area contributed by atoms with Gasteiger partial charge in [-0.3, -0.25) is 19.8 Å². The monoisotopic (exact) mass is 327 g/mol. The molecule has 0 aliphatic carbocycles. The van der Waals surface area contributed by atoms with Crippen LogP contribution in [0.25, 0.3) is 0 Å². The maximum Gasteiger partial charge on any atom is 0.290 e. The number of aryl methyl sites for hydroxylation is 1. The summed E-state index contributed by atoms with van der Waals surface area (Å²) in [6, 6.07) is 5.44. The smallest absolute Gasteiger partial charge is 0.276 e. The molecule has 7 nitrogen and oxygen atoms in total. The number of nitrogens with zero attached hydrogens (tertiary/aromatic N) is 2. The predicted octanol–water partition coefficient (Wildman–Crippen LogP) is 2.75. The third kappa shape index (κ3) is 3.11. The lowest BCUT2D eigenvalue weighted by molar-refractivity contribution is -0.387. The number of hydrogen-bond donors (Lipinski definition) is 1. The van der Waals surface area contributed by atoms with Gasteiger partial charge < -0.3 is 0 Å². The van der Waals surface area contributed by atoms with Crippen molar-refractivity contribution in [3.63, 3.8) is 0 Å². The first-order valence-electron chi connectivity index (χ1n) is 5.69. The molecule has 0 saturated carbocycles. The first-order chi connectivity index (χ1) is 9.83. The van der Waals surface area contributed by atoms with E-state index in [4.69, 9.17) is 11.6 Å². The minimum atomic E-state index is -4.16. The lowest BCUT2D eigenvalue weighted by Gasteiger charge is -2.11.